The van der Waals surface area contributed by atoms with Crippen LogP contribution in [0.15, 0.2) is 0 Å². The molecule has 0 aromatic rings. The molecule has 40 valence electrons. The van der Waals surface area contributed by atoms with Gasteiger partial charge in [-0.3, -0.25) is 0 Å². The summed E-state index contributed by atoms with van der Waals surface area (Å²) >= 11 is 0. The van der Waals surface area contributed by atoms with Gasteiger partial charge in [-0.1, -0.05) is 0 Å². The first-order valence-electron chi connectivity index (χ1n) is 0. The zero-order valence-corrected chi connectivity index (χ0v) is 7.86. The molecule has 0 nitrogen and oxygen atoms in total. The monoisotopic (exact) mass is 260 g/mol. The Morgan fingerprint density at radius 2 is 0.500 bits per heavy atom. The van der Waals surface area contributed by atoms with Crippen LogP contribution in [0.5, 0.6) is 0 Å². The molecule has 6 heteroatoms. The second-order valence-corrected chi connectivity index (χ2v) is 0. The summed E-state index contributed by atoms with van der Waals surface area (Å²) in [6.07, 6.45) is 0. The normalized spacial score (nSPS) is 0. The van der Waals surface area contributed by atoms with E-state index in [1.54, 1.807) is 0 Å². The third kappa shape index (κ3) is 29.1. The Bertz CT molecular complexity index is 7.51. The van der Waals surface area contributed by atoms with Gasteiger partial charge in [0, 0.05) is 26.2 Å². The van der Waals surface area contributed by atoms with E-state index in [1.165, 1.54) is 0 Å². The maximum Gasteiger partial charge on any atom is 0.316 e. The molecule has 0 aliphatic heterocycles. The van der Waals surface area contributed by atoms with Crippen molar-refractivity contribution in [1.82, 2.24) is 0 Å². The maximum atomic E-state index is 0. The Morgan fingerprint density at radius 3 is 0.500 bits per heavy atom. The first-order chi connectivity index (χ1) is 0. The molecule has 0 fully saturated rings. The van der Waals surface area contributed by atoms with E-state index in [9.17, 15) is 0 Å². The number of hydrogen-bond donors (Lipinski definition) is 0. The second-order valence-electron chi connectivity index (χ2n) is 0. The van der Waals surface area contributed by atoms with Crippen LogP contribution in [0.4, 0.5) is 0 Å². The van der Waals surface area contributed by atoms with Crippen LogP contribution in [0.3, 0.4) is 0 Å². The van der Waals surface area contributed by atoms with E-state index in [1.807, 2.05) is 0 Å². The fraction of sp³-hybridized carbons (Fsp3) is 0. The molecule has 0 amide bonds. The minimum Gasteiger partial charge on any atom is -0.147 e. The van der Waals surface area contributed by atoms with E-state index in [4.69, 9.17) is 0 Å². The Balaban J connectivity index is 0. The van der Waals surface area contributed by atoms with E-state index in [-0.39, 0.29) is 98.9 Å². The molecule has 6 heavy (non-hydrogen) atoms. The van der Waals surface area contributed by atoms with Crippen LogP contribution in [0.1, 0.15) is 0 Å². The maximum absolute atomic E-state index is 0. The largest absolute Gasteiger partial charge is 0.316 e. The number of halogens is 4. The molecule has 0 atom stereocenters. The molecule has 0 rings (SSSR count). The fourth-order valence-corrected chi connectivity index (χ4v) is 0. The molecular weight excluding hydrogens is 257 g/mol. The van der Waals surface area contributed by atoms with Crippen molar-refractivity contribution in [3.05, 3.63) is 0 Å². The van der Waals surface area contributed by atoms with E-state index in [0.717, 1.165) is 0 Å². The van der Waals surface area contributed by atoms with Crippen molar-refractivity contribution in [1.29, 1.82) is 0 Å². The first-order valence-corrected chi connectivity index (χ1v) is 0. The zero-order valence-electron chi connectivity index (χ0n) is 2.13. The van der Waals surface area contributed by atoms with Crippen molar-refractivity contribution in [2.24, 2.45) is 0 Å². The van der Waals surface area contributed by atoms with Crippen LogP contribution in [0, 0.1) is 0 Å². The van der Waals surface area contributed by atoms with Crippen molar-refractivity contribution < 1.29 is 26.2 Å². The van der Waals surface area contributed by atoms with Gasteiger partial charge in [0.1, 0.15) is 0 Å². The van der Waals surface area contributed by atoms with E-state index in [2.05, 4.69) is 0 Å². The summed E-state index contributed by atoms with van der Waals surface area (Å²) in [6, 6.07) is 0. The van der Waals surface area contributed by atoms with Crippen molar-refractivity contribution in [3.63, 3.8) is 0 Å². The van der Waals surface area contributed by atoms with Gasteiger partial charge in [0.05, 0.1) is 0 Å². The minimum atomic E-state index is 0. The number of rotatable bonds is 0. The summed E-state index contributed by atoms with van der Waals surface area (Å²) in [4.78, 5) is 0. The number of hydrogen-bond acceptors (Lipinski definition) is 0. The molecule has 0 N–H and O–H groups in total. The zero-order chi connectivity index (χ0) is 0. The molecule has 0 radical (unpaired) electrons. The quantitative estimate of drug-likeness (QED) is 0.566. The molecule has 0 bridgehead atoms. The molecule has 0 aliphatic rings. The third-order valence-corrected chi connectivity index (χ3v) is 0. The molecule has 0 aromatic carbocycles. The molecule has 0 saturated heterocycles. The average Bonchev–Trinajstić information content (AvgIpc) is 0. The second kappa shape index (κ2) is 45.9. The van der Waals surface area contributed by atoms with Crippen LogP contribution < -0.4 is 0 Å². The minimum absolute atomic E-state index is 0. The van der Waals surface area contributed by atoms with Crippen LogP contribution >= 0.6 is 49.6 Å². The Hall–Kier alpha value is 2.81. The van der Waals surface area contributed by atoms with E-state index in [0.29, 0.717) is 0 Å². The van der Waals surface area contributed by atoms with Crippen LogP contribution in [-0.2, 0) is 26.2 Å². The Labute approximate surface area is 97.5 Å². The molecule has 0 spiro atoms. The van der Waals surface area contributed by atoms with Crippen molar-refractivity contribution in [3.8, 4) is 0 Å². The van der Waals surface area contributed by atoms with Crippen molar-refractivity contribution >= 4 is 72.7 Å². The van der Waals surface area contributed by atoms with Gasteiger partial charge in [-0.15, -0.1) is 49.6 Å². The van der Waals surface area contributed by atoms with Gasteiger partial charge in [-0.05, 0) is 0 Å². The molecular formula is H6Cl4MgZr. The van der Waals surface area contributed by atoms with Gasteiger partial charge in [0.15, 0.2) is 0 Å². The van der Waals surface area contributed by atoms with Gasteiger partial charge in [-0.2, -0.15) is 0 Å². The molecule has 0 heterocycles. The fourth-order valence-electron chi connectivity index (χ4n) is 0. The molecule has 0 aromatic heterocycles. The summed E-state index contributed by atoms with van der Waals surface area (Å²) in [5.74, 6) is 0. The summed E-state index contributed by atoms with van der Waals surface area (Å²) in [5, 5.41) is 0. The predicted octanol–water partition coefficient (Wildman–Crippen LogP) is 0.768. The van der Waals surface area contributed by atoms with Crippen LogP contribution in [-0.4, -0.2) is 23.1 Å². The van der Waals surface area contributed by atoms with Gasteiger partial charge >= 0.3 is 23.1 Å². The third-order valence-electron chi connectivity index (χ3n) is 0. The summed E-state index contributed by atoms with van der Waals surface area (Å²) in [5.41, 5.74) is 0. The van der Waals surface area contributed by atoms with Crippen molar-refractivity contribution in [2.75, 3.05) is 0 Å². The molecule has 0 unspecified atom stereocenters. The first kappa shape index (κ1) is 68.1. The Kier molecular flexibility index (Phi) is 521. The molecule has 0 saturated carbocycles. The topological polar surface area (TPSA) is 0 Å². The van der Waals surface area contributed by atoms with Gasteiger partial charge in [0.25, 0.3) is 0 Å². The van der Waals surface area contributed by atoms with Crippen molar-refractivity contribution in [2.45, 2.75) is 0 Å². The summed E-state index contributed by atoms with van der Waals surface area (Å²) in [7, 11) is 0. The molecule has 0 aliphatic carbocycles. The SMILES string of the molecule is Cl.Cl.Cl.Cl.[MgH2].[Zr]. The summed E-state index contributed by atoms with van der Waals surface area (Å²) < 4.78 is 0. The average molecular weight is 263 g/mol. The van der Waals surface area contributed by atoms with Gasteiger partial charge in [0.2, 0.25) is 0 Å². The van der Waals surface area contributed by atoms with Crippen LogP contribution in [0.2, 0.25) is 0 Å². The Morgan fingerprint density at radius 1 is 0.500 bits per heavy atom. The van der Waals surface area contributed by atoms with Crippen LogP contribution in [0.25, 0.3) is 0 Å². The van der Waals surface area contributed by atoms with Gasteiger partial charge in [-0.25, -0.2) is 0 Å². The standard InChI is InChI=1S/4ClH.Mg.Zr.2H/h4*1H;;;;. The van der Waals surface area contributed by atoms with E-state index >= 15 is 0 Å². The van der Waals surface area contributed by atoms with Gasteiger partial charge < -0.3 is 0 Å². The predicted molar refractivity (Wildman–Crippen MR) is 37.5 cm³/mol. The van der Waals surface area contributed by atoms with E-state index < -0.39 is 0 Å². The smallest absolute Gasteiger partial charge is 0.147 e. The summed E-state index contributed by atoms with van der Waals surface area (Å²) in [6.45, 7) is 0.